The third kappa shape index (κ3) is 10.6. The molecule has 1 aromatic heterocycles. The molecule has 196 valence electrons. The molecule has 3 amide bonds. The van der Waals surface area contributed by atoms with Gasteiger partial charge >= 0.3 is 5.97 Å². The van der Waals surface area contributed by atoms with Gasteiger partial charge in [0, 0.05) is 30.6 Å². The highest BCUT2D eigenvalue weighted by molar-refractivity contribution is 7.80. The number of thiol groups is 1. The van der Waals surface area contributed by atoms with Crippen molar-refractivity contribution in [2.75, 3.05) is 12.3 Å². The van der Waals surface area contributed by atoms with Crippen LogP contribution in [0.15, 0.2) is 17.5 Å². The average Bonchev–Trinajstić information content (AvgIpc) is 3.30. The second-order valence-corrected chi connectivity index (χ2v) is 8.57. The fraction of sp³-hybridized carbons (Fsp3) is 0.600. The van der Waals surface area contributed by atoms with E-state index in [2.05, 4.69) is 43.5 Å². The molecule has 11 N–H and O–H groups in total. The van der Waals surface area contributed by atoms with Gasteiger partial charge in [0.1, 0.15) is 18.1 Å². The number of aliphatic imine (C=N–C) groups is 1. The van der Waals surface area contributed by atoms with Crippen LogP contribution in [0, 0.1) is 5.92 Å². The van der Waals surface area contributed by atoms with E-state index in [-0.39, 0.29) is 37.0 Å². The molecule has 0 aromatic carbocycles. The van der Waals surface area contributed by atoms with Crippen LogP contribution in [-0.2, 0) is 25.6 Å². The van der Waals surface area contributed by atoms with Crippen LogP contribution < -0.4 is 33.2 Å². The van der Waals surface area contributed by atoms with E-state index < -0.39 is 47.9 Å². The highest BCUT2D eigenvalue weighted by Crippen LogP contribution is 2.07. The number of aromatic nitrogens is 2. The van der Waals surface area contributed by atoms with Crippen molar-refractivity contribution in [1.29, 1.82) is 0 Å². The normalized spacial score (nSPS) is 14.3. The number of nitrogens with zero attached hydrogens (tertiary/aromatic N) is 2. The molecule has 0 aliphatic heterocycles. The molecule has 15 heteroatoms. The van der Waals surface area contributed by atoms with Gasteiger partial charge < -0.3 is 43.2 Å². The summed E-state index contributed by atoms with van der Waals surface area (Å²) in [5.41, 5.74) is 16.8. The van der Waals surface area contributed by atoms with Crippen LogP contribution in [0.2, 0.25) is 0 Å². The van der Waals surface area contributed by atoms with Crippen LogP contribution in [0.4, 0.5) is 0 Å². The van der Waals surface area contributed by atoms with Gasteiger partial charge in [0.25, 0.3) is 0 Å². The highest BCUT2D eigenvalue weighted by atomic mass is 32.1. The topological polar surface area (TPSA) is 244 Å². The van der Waals surface area contributed by atoms with Gasteiger partial charge in [-0.2, -0.15) is 12.6 Å². The average molecular weight is 514 g/mol. The van der Waals surface area contributed by atoms with Gasteiger partial charge in [-0.15, -0.1) is 0 Å². The largest absolute Gasteiger partial charge is 0.480 e. The summed E-state index contributed by atoms with van der Waals surface area (Å²) in [5, 5.41) is 17.2. The number of rotatable bonds is 15. The van der Waals surface area contributed by atoms with Crippen molar-refractivity contribution < 1.29 is 24.3 Å². The van der Waals surface area contributed by atoms with Gasteiger partial charge in [0.2, 0.25) is 17.7 Å². The molecule has 0 saturated carbocycles. The van der Waals surface area contributed by atoms with Crippen LogP contribution in [0.3, 0.4) is 0 Å². The van der Waals surface area contributed by atoms with E-state index in [9.17, 15) is 24.3 Å². The summed E-state index contributed by atoms with van der Waals surface area (Å²) in [6.07, 6.45) is 3.23. The lowest BCUT2D eigenvalue weighted by molar-refractivity contribution is -0.142. The first-order chi connectivity index (χ1) is 16.5. The van der Waals surface area contributed by atoms with Gasteiger partial charge in [-0.25, -0.2) is 9.78 Å². The Balaban J connectivity index is 3.00. The lowest BCUT2D eigenvalue weighted by Crippen LogP contribution is -2.58. The number of carbonyl (C=O) groups is 4. The number of nitrogens with two attached hydrogens (primary N) is 3. The molecule has 4 atom stereocenters. The Morgan fingerprint density at radius 1 is 1.11 bits per heavy atom. The Labute approximate surface area is 208 Å². The lowest BCUT2D eigenvalue weighted by atomic mass is 10.0. The number of carbonyl (C=O) groups excluding carboxylic acids is 3. The lowest BCUT2D eigenvalue weighted by Gasteiger charge is -2.26. The zero-order valence-corrected chi connectivity index (χ0v) is 20.6. The van der Waals surface area contributed by atoms with Crippen molar-refractivity contribution in [3.8, 4) is 0 Å². The zero-order chi connectivity index (χ0) is 26.5. The second kappa shape index (κ2) is 14.8. The minimum Gasteiger partial charge on any atom is -0.480 e. The molecule has 0 saturated heterocycles. The van der Waals surface area contributed by atoms with E-state index in [0.717, 1.165) is 0 Å². The number of nitrogens with one attached hydrogen (secondary N) is 4. The Morgan fingerprint density at radius 3 is 2.29 bits per heavy atom. The van der Waals surface area contributed by atoms with Gasteiger partial charge in [0.15, 0.2) is 5.96 Å². The summed E-state index contributed by atoms with van der Waals surface area (Å²) in [6.45, 7) is 3.63. The van der Waals surface area contributed by atoms with Crippen molar-refractivity contribution in [2.45, 2.75) is 57.3 Å². The summed E-state index contributed by atoms with van der Waals surface area (Å²) >= 11 is 3.98. The van der Waals surface area contributed by atoms with E-state index in [1.807, 2.05) is 0 Å². The molecule has 0 aliphatic carbocycles. The summed E-state index contributed by atoms with van der Waals surface area (Å²) in [6, 6.07) is -4.28. The van der Waals surface area contributed by atoms with E-state index in [1.165, 1.54) is 12.5 Å². The number of aliphatic carboxylic acids is 1. The Bertz CT molecular complexity index is 874. The number of hydrogen-bond donors (Lipinski definition) is 9. The van der Waals surface area contributed by atoms with Crippen molar-refractivity contribution in [2.24, 2.45) is 28.1 Å². The number of guanidine groups is 1. The number of amides is 3. The predicted octanol–water partition coefficient (Wildman–Crippen LogP) is -2.54. The smallest absolute Gasteiger partial charge is 0.326 e. The number of hydrogen-bond acceptors (Lipinski definition) is 8. The Hall–Kier alpha value is -3.33. The van der Waals surface area contributed by atoms with Crippen molar-refractivity contribution in [3.05, 3.63) is 18.2 Å². The third-order valence-electron chi connectivity index (χ3n) is 4.95. The van der Waals surface area contributed by atoms with Gasteiger partial charge in [-0.1, -0.05) is 13.8 Å². The van der Waals surface area contributed by atoms with Gasteiger partial charge in [-0.05, 0) is 18.8 Å². The molecule has 1 heterocycles. The first-order valence-electron chi connectivity index (χ1n) is 11.0. The number of imidazole rings is 1. The molecular formula is C20H35N9O5S. The Morgan fingerprint density at radius 2 is 1.77 bits per heavy atom. The minimum absolute atomic E-state index is 0.0396. The molecular weight excluding hydrogens is 478 g/mol. The van der Waals surface area contributed by atoms with Crippen LogP contribution in [-0.4, -0.2) is 81.2 Å². The SMILES string of the molecule is CC(C)C(NC(=O)C(N)CS)C(=O)NC(CCCN=C(N)N)C(=O)NC(Cc1cnc[nH]1)C(=O)O. The monoisotopic (exact) mass is 513 g/mol. The summed E-state index contributed by atoms with van der Waals surface area (Å²) in [7, 11) is 0. The third-order valence-corrected chi connectivity index (χ3v) is 5.35. The first kappa shape index (κ1) is 29.7. The van der Waals surface area contributed by atoms with E-state index in [1.54, 1.807) is 13.8 Å². The number of H-pyrrole nitrogens is 1. The molecule has 0 spiro atoms. The maximum Gasteiger partial charge on any atom is 0.326 e. The van der Waals surface area contributed by atoms with Crippen molar-refractivity contribution in [1.82, 2.24) is 25.9 Å². The molecule has 0 bridgehead atoms. The van der Waals surface area contributed by atoms with Crippen LogP contribution in [0.5, 0.6) is 0 Å². The maximum atomic E-state index is 13.0. The van der Waals surface area contributed by atoms with Crippen molar-refractivity contribution >= 4 is 42.3 Å². The van der Waals surface area contributed by atoms with Gasteiger partial charge in [-0.3, -0.25) is 19.4 Å². The number of carboxylic acid groups (broad SMARTS) is 1. The quantitative estimate of drug-likeness (QED) is 0.0518. The molecule has 35 heavy (non-hydrogen) atoms. The predicted molar refractivity (Wildman–Crippen MR) is 132 cm³/mol. The minimum atomic E-state index is -1.27. The second-order valence-electron chi connectivity index (χ2n) is 8.21. The fourth-order valence-electron chi connectivity index (χ4n) is 3.00. The summed E-state index contributed by atoms with van der Waals surface area (Å²) in [5.74, 6) is -3.52. The van der Waals surface area contributed by atoms with E-state index >= 15 is 0 Å². The van der Waals surface area contributed by atoms with Crippen molar-refractivity contribution in [3.63, 3.8) is 0 Å². The fourth-order valence-corrected chi connectivity index (χ4v) is 3.17. The molecule has 14 nitrogen and oxygen atoms in total. The molecule has 0 radical (unpaired) electrons. The number of carboxylic acids is 1. The molecule has 1 aromatic rings. The molecule has 1 rings (SSSR count). The van der Waals surface area contributed by atoms with Crippen LogP contribution in [0.25, 0.3) is 0 Å². The standard InChI is InChI=1S/C20H35N9O5S/c1-10(2)15(29-16(30)12(21)8-35)18(32)27-13(4-3-5-25-20(22)23)17(31)28-14(19(33)34)6-11-7-24-9-26-11/h7,9-10,12-15,35H,3-6,8,21H2,1-2H3,(H,24,26)(H,27,32)(H,28,31)(H,29,30)(H,33,34)(H4,22,23,25). The summed E-state index contributed by atoms with van der Waals surface area (Å²) in [4.78, 5) is 60.4. The first-order valence-corrected chi connectivity index (χ1v) is 11.6. The highest BCUT2D eigenvalue weighted by Gasteiger charge is 2.31. The van der Waals surface area contributed by atoms with Crippen LogP contribution >= 0.6 is 12.6 Å². The molecule has 0 fully saturated rings. The summed E-state index contributed by atoms with van der Waals surface area (Å²) < 4.78 is 0. The molecule has 4 unspecified atom stereocenters. The van der Waals surface area contributed by atoms with E-state index in [4.69, 9.17) is 17.2 Å². The van der Waals surface area contributed by atoms with Gasteiger partial charge in [0.05, 0.1) is 12.4 Å². The zero-order valence-electron chi connectivity index (χ0n) is 19.7. The van der Waals surface area contributed by atoms with E-state index in [0.29, 0.717) is 12.1 Å². The molecule has 0 aliphatic rings. The van der Waals surface area contributed by atoms with Crippen LogP contribution in [0.1, 0.15) is 32.4 Å². The Kier molecular flexibility index (Phi) is 12.6. The number of aromatic amines is 1. The maximum absolute atomic E-state index is 13.0.